The lowest BCUT2D eigenvalue weighted by Crippen LogP contribution is -2.10. The molecular formula is C17H12Cl2N2O3. The molecule has 0 unspecified atom stereocenters. The Hall–Kier alpha value is -2.55. The molecule has 0 aliphatic carbocycles. The molecule has 0 atom stereocenters. The summed E-state index contributed by atoms with van der Waals surface area (Å²) in [6.45, 7) is 0.0233. The van der Waals surface area contributed by atoms with Crippen molar-refractivity contribution in [3.63, 3.8) is 0 Å². The van der Waals surface area contributed by atoms with Crippen LogP contribution in [0.2, 0.25) is 10.0 Å². The predicted octanol–water partition coefficient (Wildman–Crippen LogP) is 4.20. The maximum Gasteiger partial charge on any atom is 0.338 e. The Kier molecular flexibility index (Phi) is 6.19. The van der Waals surface area contributed by atoms with E-state index in [1.807, 2.05) is 0 Å². The SMILES string of the molecule is N#CCC(=O)Nc1ccc(C(=O)OCc2ccc(Cl)cc2Cl)cc1. The van der Waals surface area contributed by atoms with E-state index in [0.29, 0.717) is 26.9 Å². The van der Waals surface area contributed by atoms with Crippen LogP contribution in [-0.2, 0) is 16.1 Å². The maximum atomic E-state index is 12.0. The second-order valence-corrected chi connectivity index (χ2v) is 5.62. The average Bonchev–Trinajstić information content (AvgIpc) is 2.54. The highest BCUT2D eigenvalue weighted by molar-refractivity contribution is 6.35. The molecule has 24 heavy (non-hydrogen) atoms. The molecule has 0 bridgehead atoms. The van der Waals surface area contributed by atoms with Crippen molar-refractivity contribution in [2.24, 2.45) is 0 Å². The lowest BCUT2D eigenvalue weighted by molar-refractivity contribution is -0.115. The molecule has 5 nitrogen and oxygen atoms in total. The number of carbonyl (C=O) groups is 2. The summed E-state index contributed by atoms with van der Waals surface area (Å²) in [5.74, 6) is -0.930. The lowest BCUT2D eigenvalue weighted by Gasteiger charge is -2.08. The molecule has 1 amide bonds. The molecular weight excluding hydrogens is 351 g/mol. The van der Waals surface area contributed by atoms with E-state index >= 15 is 0 Å². The number of anilines is 1. The van der Waals surface area contributed by atoms with Gasteiger partial charge >= 0.3 is 5.97 Å². The van der Waals surface area contributed by atoms with E-state index in [0.717, 1.165) is 0 Å². The van der Waals surface area contributed by atoms with E-state index in [1.165, 1.54) is 12.1 Å². The zero-order valence-electron chi connectivity index (χ0n) is 12.4. The highest BCUT2D eigenvalue weighted by Gasteiger charge is 2.10. The molecule has 0 aliphatic heterocycles. The largest absolute Gasteiger partial charge is 0.457 e. The van der Waals surface area contributed by atoms with Crippen LogP contribution in [0.15, 0.2) is 42.5 Å². The zero-order valence-corrected chi connectivity index (χ0v) is 13.9. The number of ether oxygens (including phenoxy) is 1. The van der Waals surface area contributed by atoms with Gasteiger partial charge < -0.3 is 10.1 Å². The third-order valence-electron chi connectivity index (χ3n) is 3.02. The average molecular weight is 363 g/mol. The molecule has 0 aliphatic rings. The monoisotopic (exact) mass is 362 g/mol. The third-order valence-corrected chi connectivity index (χ3v) is 3.60. The summed E-state index contributed by atoms with van der Waals surface area (Å²) >= 11 is 11.8. The number of amides is 1. The number of hydrogen-bond donors (Lipinski definition) is 1. The minimum atomic E-state index is -0.518. The molecule has 7 heteroatoms. The molecule has 2 rings (SSSR count). The Morgan fingerprint density at radius 1 is 1.12 bits per heavy atom. The van der Waals surface area contributed by atoms with Crippen LogP contribution in [0.25, 0.3) is 0 Å². The van der Waals surface area contributed by atoms with Crippen molar-refractivity contribution in [3.05, 3.63) is 63.6 Å². The molecule has 0 heterocycles. The summed E-state index contributed by atoms with van der Waals surface area (Å²) in [5, 5.41) is 11.9. The summed E-state index contributed by atoms with van der Waals surface area (Å²) in [6.07, 6.45) is -0.231. The normalized spacial score (nSPS) is 9.88. The van der Waals surface area contributed by atoms with E-state index < -0.39 is 11.9 Å². The van der Waals surface area contributed by atoms with Crippen LogP contribution in [0.4, 0.5) is 5.69 Å². The van der Waals surface area contributed by atoms with Gasteiger partial charge in [-0.3, -0.25) is 4.79 Å². The van der Waals surface area contributed by atoms with Crippen molar-refractivity contribution in [3.8, 4) is 6.07 Å². The molecule has 0 spiro atoms. The van der Waals surface area contributed by atoms with Crippen LogP contribution in [-0.4, -0.2) is 11.9 Å². The Balaban J connectivity index is 1.95. The van der Waals surface area contributed by atoms with Gasteiger partial charge in [0.05, 0.1) is 11.6 Å². The number of nitriles is 1. The van der Waals surface area contributed by atoms with Crippen LogP contribution < -0.4 is 5.32 Å². The fourth-order valence-electron chi connectivity index (χ4n) is 1.83. The predicted molar refractivity (Wildman–Crippen MR) is 90.9 cm³/mol. The second kappa shape index (κ2) is 8.34. The number of carbonyl (C=O) groups excluding carboxylic acids is 2. The van der Waals surface area contributed by atoms with E-state index in [2.05, 4.69) is 5.32 Å². The smallest absolute Gasteiger partial charge is 0.338 e. The van der Waals surface area contributed by atoms with Gasteiger partial charge in [0.1, 0.15) is 13.0 Å². The molecule has 0 fully saturated rings. The molecule has 2 aromatic carbocycles. The fourth-order valence-corrected chi connectivity index (χ4v) is 2.30. The minimum Gasteiger partial charge on any atom is -0.457 e. The van der Waals surface area contributed by atoms with Gasteiger partial charge in [-0.25, -0.2) is 4.79 Å². The topological polar surface area (TPSA) is 79.2 Å². The molecule has 2 aromatic rings. The van der Waals surface area contributed by atoms with Crippen LogP contribution in [0, 0.1) is 11.3 Å². The third kappa shape index (κ3) is 4.98. The number of hydrogen-bond acceptors (Lipinski definition) is 4. The van der Waals surface area contributed by atoms with Gasteiger partial charge in [0.25, 0.3) is 0 Å². The molecule has 0 saturated heterocycles. The summed E-state index contributed by atoms with van der Waals surface area (Å²) in [6, 6.07) is 12.8. The number of halogens is 2. The zero-order chi connectivity index (χ0) is 17.5. The van der Waals surface area contributed by atoms with Gasteiger partial charge in [-0.15, -0.1) is 0 Å². The minimum absolute atomic E-state index is 0.0233. The van der Waals surface area contributed by atoms with Crippen molar-refractivity contribution in [1.82, 2.24) is 0 Å². The summed E-state index contributed by atoms with van der Waals surface area (Å²) in [4.78, 5) is 23.3. The molecule has 0 aromatic heterocycles. The maximum absolute atomic E-state index is 12.0. The number of nitrogens with one attached hydrogen (secondary N) is 1. The molecule has 0 radical (unpaired) electrons. The van der Waals surface area contributed by atoms with Gasteiger partial charge in [0.15, 0.2) is 0 Å². The van der Waals surface area contributed by atoms with E-state index in [9.17, 15) is 9.59 Å². The first-order chi connectivity index (χ1) is 11.5. The van der Waals surface area contributed by atoms with Gasteiger partial charge in [-0.05, 0) is 36.4 Å². The molecule has 0 saturated carbocycles. The fraction of sp³-hybridized carbons (Fsp3) is 0.118. The van der Waals surface area contributed by atoms with Gasteiger partial charge in [-0.2, -0.15) is 5.26 Å². The van der Waals surface area contributed by atoms with E-state index in [4.69, 9.17) is 33.2 Å². The van der Waals surface area contributed by atoms with Crippen molar-refractivity contribution >= 4 is 40.8 Å². The second-order valence-electron chi connectivity index (χ2n) is 4.77. The Morgan fingerprint density at radius 2 is 1.83 bits per heavy atom. The quantitative estimate of drug-likeness (QED) is 0.808. The van der Waals surface area contributed by atoms with Gasteiger partial charge in [-0.1, -0.05) is 29.3 Å². The Bertz CT molecular complexity index is 798. The highest BCUT2D eigenvalue weighted by atomic mass is 35.5. The van der Waals surface area contributed by atoms with E-state index in [1.54, 1.807) is 36.4 Å². The van der Waals surface area contributed by atoms with E-state index in [-0.39, 0.29) is 13.0 Å². The van der Waals surface area contributed by atoms with Gasteiger partial charge in [0, 0.05) is 21.3 Å². The van der Waals surface area contributed by atoms with Gasteiger partial charge in [0.2, 0.25) is 5.91 Å². The first-order valence-electron chi connectivity index (χ1n) is 6.87. The Labute approximate surface area is 148 Å². The highest BCUT2D eigenvalue weighted by Crippen LogP contribution is 2.22. The van der Waals surface area contributed by atoms with Crippen LogP contribution in [0.5, 0.6) is 0 Å². The molecule has 122 valence electrons. The number of esters is 1. The number of nitrogens with zero attached hydrogens (tertiary/aromatic N) is 1. The number of rotatable bonds is 5. The first kappa shape index (κ1) is 17.8. The number of benzene rings is 2. The van der Waals surface area contributed by atoms with Crippen molar-refractivity contribution in [2.45, 2.75) is 13.0 Å². The Morgan fingerprint density at radius 3 is 2.46 bits per heavy atom. The summed E-state index contributed by atoms with van der Waals surface area (Å²) in [5.41, 5.74) is 1.47. The van der Waals surface area contributed by atoms with Crippen LogP contribution >= 0.6 is 23.2 Å². The van der Waals surface area contributed by atoms with Crippen LogP contribution in [0.3, 0.4) is 0 Å². The lowest BCUT2D eigenvalue weighted by atomic mass is 10.2. The standard InChI is InChI=1S/C17H12Cl2N2O3/c18-13-4-1-12(15(19)9-13)10-24-17(23)11-2-5-14(6-3-11)21-16(22)7-8-20/h1-6,9H,7,10H2,(H,21,22). The summed E-state index contributed by atoms with van der Waals surface area (Å²) in [7, 11) is 0. The van der Waals surface area contributed by atoms with Crippen molar-refractivity contribution in [2.75, 3.05) is 5.32 Å². The first-order valence-corrected chi connectivity index (χ1v) is 7.63. The molecule has 1 N–H and O–H groups in total. The van der Waals surface area contributed by atoms with Crippen LogP contribution in [0.1, 0.15) is 22.3 Å². The van der Waals surface area contributed by atoms with Crippen molar-refractivity contribution in [1.29, 1.82) is 5.26 Å². The summed E-state index contributed by atoms with van der Waals surface area (Å²) < 4.78 is 5.20. The van der Waals surface area contributed by atoms with Crippen molar-refractivity contribution < 1.29 is 14.3 Å².